The van der Waals surface area contributed by atoms with Gasteiger partial charge in [0, 0.05) is 119 Å². The molecular formula is C25H40N7Na3O18P3S. The quantitative estimate of drug-likeness (QED) is 0.0270. The van der Waals surface area contributed by atoms with Gasteiger partial charge in [0.1, 0.15) is 42.0 Å². The SMILES string of the molecule is CC(=O)CC(=O)SCCNC(=O)CCNC(=O)[C@H](O)C(C)(C)COP(=O)(O)OP(=O)(O)OC[C@H]1O[C@@H](n2cnc3c(N)ncnc32)[C@H](O)[C@@H]1OP(=O)(O)O.[Na].[Na].[Na]. The van der Waals surface area contributed by atoms with Crippen molar-refractivity contribution in [2.75, 3.05) is 37.8 Å². The van der Waals surface area contributed by atoms with Gasteiger partial charge >= 0.3 is 23.5 Å². The summed E-state index contributed by atoms with van der Waals surface area (Å²) < 4.78 is 61.9. The smallest absolute Gasteiger partial charge is 0.386 e. The number of nitrogens with two attached hydrogens (primary N) is 1. The number of Topliss-reactive ketones (excluding diaryl/α,β-unsaturated/α-hetero) is 1. The van der Waals surface area contributed by atoms with Crippen LogP contribution in [0.15, 0.2) is 12.7 Å². The van der Waals surface area contributed by atoms with Gasteiger partial charge in [0.2, 0.25) is 11.8 Å². The van der Waals surface area contributed by atoms with E-state index in [1.807, 2.05) is 0 Å². The second-order valence-electron chi connectivity index (χ2n) is 12.2. The van der Waals surface area contributed by atoms with Crippen molar-refractivity contribution in [2.24, 2.45) is 5.41 Å². The van der Waals surface area contributed by atoms with Crippen LogP contribution in [0.4, 0.5) is 5.82 Å². The zero-order valence-corrected chi connectivity index (χ0v) is 41.2. The van der Waals surface area contributed by atoms with Crippen molar-refractivity contribution >= 4 is 164 Å². The number of aliphatic hydroxyl groups excluding tert-OH is 2. The molecule has 2 aromatic heterocycles. The molecule has 3 rings (SSSR count). The number of carbonyl (C=O) groups is 4. The van der Waals surface area contributed by atoms with Gasteiger partial charge in [-0.3, -0.25) is 37.3 Å². The average molecular weight is 921 g/mol. The number of nitrogen functional groups attached to an aromatic ring is 1. The summed E-state index contributed by atoms with van der Waals surface area (Å²) in [6.45, 7) is 1.58. The Hall–Kier alpha value is 0.230. The maximum absolute atomic E-state index is 12.6. The van der Waals surface area contributed by atoms with E-state index in [-0.39, 0.29) is 148 Å². The molecule has 0 spiro atoms. The normalized spacial score (nSPS) is 20.8. The Morgan fingerprint density at radius 3 is 2.26 bits per heavy atom. The van der Waals surface area contributed by atoms with Crippen molar-refractivity contribution in [1.29, 1.82) is 0 Å². The van der Waals surface area contributed by atoms with E-state index >= 15 is 0 Å². The predicted molar refractivity (Wildman–Crippen MR) is 200 cm³/mol. The molecule has 2 aromatic rings. The molecule has 25 nitrogen and oxygen atoms in total. The number of fused-ring (bicyclic) bond motifs is 1. The van der Waals surface area contributed by atoms with E-state index in [0.717, 1.165) is 29.0 Å². The number of aliphatic hydroxyl groups is 2. The summed E-state index contributed by atoms with van der Waals surface area (Å²) in [7, 11) is -16.4. The molecule has 3 heterocycles. The van der Waals surface area contributed by atoms with E-state index in [0.29, 0.717) is 0 Å². The van der Waals surface area contributed by atoms with Crippen LogP contribution < -0.4 is 16.4 Å². The number of carbonyl (C=O) groups excluding carboxylic acids is 4. The first kappa shape index (κ1) is 57.2. The monoisotopic (exact) mass is 920 g/mol. The van der Waals surface area contributed by atoms with Gasteiger partial charge in [-0.15, -0.1) is 0 Å². The van der Waals surface area contributed by atoms with Crippen LogP contribution in [0.2, 0.25) is 0 Å². The van der Waals surface area contributed by atoms with Crippen molar-refractivity contribution in [3.05, 3.63) is 12.7 Å². The standard InChI is InChI=1S/C25H40N7O18P3S.3Na/c1-13(33)8-16(35)54-7-6-27-15(34)4-5-28-23(38)20(37)25(2,3)10-47-53(44,45)50-52(42,43)46-9-14-19(49-51(39,40)41)18(36)24(48-14)32-12-31-17-21(26)29-11-30-22(17)32;;;/h11-12,14,18-20,24,36-37H,4-10H2,1-3H3,(H,27,34)(H,28,38)(H,42,43)(H,44,45)(H2,26,29,30)(H2,39,40,41);;;/t14-,18-,19-,20+,24-;;;/m1.../s1. The molecule has 3 radical (unpaired) electrons. The average Bonchev–Trinajstić information content (AvgIpc) is 3.60. The number of thioether (sulfide) groups is 1. The zero-order chi connectivity index (χ0) is 40.6. The van der Waals surface area contributed by atoms with E-state index in [1.54, 1.807) is 0 Å². The van der Waals surface area contributed by atoms with Gasteiger partial charge in [-0.25, -0.2) is 28.6 Å². The minimum absolute atomic E-state index is 0. The van der Waals surface area contributed by atoms with Gasteiger partial charge in [0.05, 0.1) is 26.0 Å². The Morgan fingerprint density at radius 2 is 1.65 bits per heavy atom. The number of hydrogen-bond acceptors (Lipinski definition) is 19. The molecule has 0 aliphatic carbocycles. The number of ketones is 1. The second kappa shape index (κ2) is 24.8. The Morgan fingerprint density at radius 1 is 1.02 bits per heavy atom. The number of ether oxygens (including phenoxy) is 1. The molecule has 2 amide bonds. The number of amides is 2. The van der Waals surface area contributed by atoms with Crippen molar-refractivity contribution < 1.29 is 85.3 Å². The molecular weight excluding hydrogens is 880 g/mol. The molecule has 0 bridgehead atoms. The largest absolute Gasteiger partial charge is 0.481 e. The van der Waals surface area contributed by atoms with Crippen molar-refractivity contribution in [3.8, 4) is 0 Å². The Labute approximate surface area is 395 Å². The molecule has 57 heavy (non-hydrogen) atoms. The number of hydrogen-bond donors (Lipinski definition) is 9. The van der Waals surface area contributed by atoms with E-state index < -0.39 is 84.6 Å². The summed E-state index contributed by atoms with van der Waals surface area (Å²) in [5.41, 5.74) is 4.22. The van der Waals surface area contributed by atoms with Crippen LogP contribution >= 0.6 is 35.2 Å². The summed E-state index contributed by atoms with van der Waals surface area (Å²) in [6, 6.07) is 0. The summed E-state index contributed by atoms with van der Waals surface area (Å²) >= 11 is 0.878. The van der Waals surface area contributed by atoms with Crippen molar-refractivity contribution in [2.45, 2.75) is 64.3 Å². The Bertz CT molecular complexity index is 1840. The van der Waals surface area contributed by atoms with Gasteiger partial charge in [-0.1, -0.05) is 25.6 Å². The van der Waals surface area contributed by atoms with Gasteiger partial charge < -0.3 is 50.9 Å². The minimum atomic E-state index is -5.58. The minimum Gasteiger partial charge on any atom is -0.386 e. The van der Waals surface area contributed by atoms with E-state index in [4.69, 9.17) is 19.5 Å². The van der Waals surface area contributed by atoms with Gasteiger partial charge in [-0.2, -0.15) is 4.31 Å². The number of imidazole rings is 1. The van der Waals surface area contributed by atoms with E-state index in [2.05, 4.69) is 34.4 Å². The van der Waals surface area contributed by atoms with E-state index in [1.165, 1.54) is 20.8 Å². The molecule has 307 valence electrons. The van der Waals surface area contributed by atoms with E-state index in [9.17, 15) is 62.7 Å². The molecule has 32 heteroatoms. The molecule has 1 aliphatic heterocycles. The number of nitrogens with zero attached hydrogens (tertiary/aromatic N) is 4. The first-order valence-electron chi connectivity index (χ1n) is 15.5. The third-order valence-electron chi connectivity index (χ3n) is 7.16. The van der Waals surface area contributed by atoms with Crippen LogP contribution in [0.3, 0.4) is 0 Å². The third kappa shape index (κ3) is 18.6. The molecule has 0 aromatic carbocycles. The summed E-state index contributed by atoms with van der Waals surface area (Å²) in [4.78, 5) is 97.7. The van der Waals surface area contributed by atoms with Crippen LogP contribution in [0.5, 0.6) is 0 Å². The molecule has 1 saturated heterocycles. The zero-order valence-electron chi connectivity index (χ0n) is 31.7. The maximum Gasteiger partial charge on any atom is 0.481 e. The van der Waals surface area contributed by atoms with Gasteiger partial charge in [-0.05, 0) is 6.92 Å². The number of rotatable bonds is 21. The van der Waals surface area contributed by atoms with Crippen LogP contribution in [-0.2, 0) is 55.5 Å². The summed E-state index contributed by atoms with van der Waals surface area (Å²) in [5, 5.41) is 25.8. The predicted octanol–water partition coefficient (Wildman–Crippen LogP) is -2.50. The first-order valence-corrected chi connectivity index (χ1v) is 21.0. The topological polar surface area (TPSA) is 381 Å². The third-order valence-corrected chi connectivity index (χ3v) is 11.1. The first-order chi connectivity index (χ1) is 24.9. The molecule has 7 atom stereocenters. The second-order valence-corrected chi connectivity index (χ2v) is 17.6. The maximum atomic E-state index is 12.6. The number of anilines is 1. The Kier molecular flexibility index (Phi) is 24.9. The molecule has 10 N–H and O–H groups in total. The Balaban J connectivity index is 0.0000105. The van der Waals surface area contributed by atoms with Gasteiger partial charge in [0.15, 0.2) is 22.8 Å². The summed E-state index contributed by atoms with van der Waals surface area (Å²) in [6.07, 6.45) is -7.24. The number of nitrogens with one attached hydrogen (secondary N) is 2. The van der Waals surface area contributed by atoms with Crippen LogP contribution in [0, 0.1) is 5.41 Å². The number of phosphoric ester groups is 3. The van der Waals surface area contributed by atoms with Crippen molar-refractivity contribution in [1.82, 2.24) is 30.2 Å². The van der Waals surface area contributed by atoms with Gasteiger partial charge in [0.25, 0.3) is 0 Å². The van der Waals surface area contributed by atoms with Crippen LogP contribution in [0.25, 0.3) is 11.2 Å². The number of phosphoric acid groups is 3. The fourth-order valence-corrected chi connectivity index (χ4v) is 8.12. The molecule has 0 saturated carbocycles. The fourth-order valence-electron chi connectivity index (χ4n) is 4.55. The fraction of sp³-hybridized carbons (Fsp3) is 0.640. The van der Waals surface area contributed by atoms with Crippen LogP contribution in [-0.4, -0.2) is 217 Å². The summed E-state index contributed by atoms with van der Waals surface area (Å²) in [5.74, 6) is -1.61. The molecule has 1 aliphatic rings. The van der Waals surface area contributed by atoms with Crippen molar-refractivity contribution in [3.63, 3.8) is 0 Å². The number of aromatic nitrogens is 4. The van der Waals surface area contributed by atoms with Crippen LogP contribution in [0.1, 0.15) is 39.8 Å². The molecule has 1 fully saturated rings. The molecule has 2 unspecified atom stereocenters.